The highest BCUT2D eigenvalue weighted by molar-refractivity contribution is 5.91. The summed E-state index contributed by atoms with van der Waals surface area (Å²) < 4.78 is 4.87. The van der Waals surface area contributed by atoms with Gasteiger partial charge in [-0.15, -0.1) is 0 Å². The lowest BCUT2D eigenvalue weighted by Crippen LogP contribution is -2.25. The Hall–Kier alpha value is -2.14. The Labute approximate surface area is 111 Å². The number of aliphatic hydroxyl groups excluding tert-OH is 1. The number of carbonyl (C=O) groups excluding carboxylic acids is 1. The molecule has 100 valence electrons. The highest BCUT2D eigenvalue weighted by Crippen LogP contribution is 2.05. The number of aryl methyl sites for hydroxylation is 1. The number of hydrogen-bond donors (Lipinski definition) is 2. The molecule has 0 aliphatic rings. The van der Waals surface area contributed by atoms with E-state index in [1.165, 1.54) is 0 Å². The van der Waals surface area contributed by atoms with Crippen LogP contribution in [0.1, 0.15) is 27.4 Å². The number of amides is 1. The molecule has 0 bridgehead atoms. The second kappa shape index (κ2) is 6.15. The number of aromatic nitrogens is 1. The molecule has 0 radical (unpaired) electrons. The fourth-order valence-electron chi connectivity index (χ4n) is 1.69. The Balaban J connectivity index is 1.81. The molecule has 1 aromatic carbocycles. The van der Waals surface area contributed by atoms with Crippen molar-refractivity contribution < 1.29 is 14.4 Å². The predicted octanol–water partition coefficient (Wildman–Crippen LogP) is 1.45. The number of benzene rings is 1. The Morgan fingerprint density at radius 3 is 2.58 bits per heavy atom. The lowest BCUT2D eigenvalue weighted by atomic mass is 10.1. The minimum absolute atomic E-state index is 0.0435. The molecule has 1 heterocycles. The summed E-state index contributed by atoms with van der Waals surface area (Å²) in [5.74, 6) is -0.0271. The molecule has 0 atom stereocenters. The average molecular weight is 260 g/mol. The first-order valence-corrected chi connectivity index (χ1v) is 6.09. The van der Waals surface area contributed by atoms with Crippen molar-refractivity contribution in [1.82, 2.24) is 10.5 Å². The number of rotatable bonds is 5. The maximum atomic E-state index is 11.7. The summed E-state index contributed by atoms with van der Waals surface area (Å²) in [7, 11) is 0. The Kier molecular flexibility index (Phi) is 4.30. The van der Waals surface area contributed by atoms with Crippen LogP contribution in [-0.2, 0) is 13.0 Å². The first-order valence-electron chi connectivity index (χ1n) is 6.09. The van der Waals surface area contributed by atoms with Gasteiger partial charge < -0.3 is 14.9 Å². The van der Waals surface area contributed by atoms with E-state index in [4.69, 9.17) is 9.63 Å². The van der Waals surface area contributed by atoms with Crippen LogP contribution < -0.4 is 5.32 Å². The van der Waals surface area contributed by atoms with E-state index in [1.54, 1.807) is 13.0 Å². The maximum absolute atomic E-state index is 11.7. The Morgan fingerprint density at radius 2 is 2.00 bits per heavy atom. The molecule has 19 heavy (non-hydrogen) atoms. The van der Waals surface area contributed by atoms with Crippen LogP contribution in [0.2, 0.25) is 0 Å². The minimum atomic E-state index is -0.257. The largest absolute Gasteiger partial charge is 0.392 e. The van der Waals surface area contributed by atoms with E-state index < -0.39 is 0 Å². The number of nitrogens with zero attached hydrogens (tertiary/aromatic N) is 1. The number of aliphatic hydroxyl groups is 1. The van der Waals surface area contributed by atoms with E-state index in [-0.39, 0.29) is 18.3 Å². The van der Waals surface area contributed by atoms with Gasteiger partial charge >= 0.3 is 0 Å². The van der Waals surface area contributed by atoms with Gasteiger partial charge in [-0.2, -0.15) is 0 Å². The zero-order valence-corrected chi connectivity index (χ0v) is 10.7. The summed E-state index contributed by atoms with van der Waals surface area (Å²) in [6.07, 6.45) is 0.727. The third-order valence-electron chi connectivity index (χ3n) is 2.76. The third kappa shape index (κ3) is 3.66. The van der Waals surface area contributed by atoms with Gasteiger partial charge in [0.1, 0.15) is 0 Å². The molecule has 0 fully saturated rings. The molecular weight excluding hydrogens is 244 g/mol. The zero-order chi connectivity index (χ0) is 13.7. The van der Waals surface area contributed by atoms with E-state index in [2.05, 4.69) is 10.5 Å². The SMILES string of the molecule is Cc1cc(C(=O)NCCc2ccc(CO)cc2)on1. The van der Waals surface area contributed by atoms with Gasteiger partial charge in [0.05, 0.1) is 12.3 Å². The molecule has 2 rings (SSSR count). The van der Waals surface area contributed by atoms with Crippen molar-refractivity contribution in [3.05, 3.63) is 52.9 Å². The fraction of sp³-hybridized carbons (Fsp3) is 0.286. The van der Waals surface area contributed by atoms with Crippen molar-refractivity contribution in [2.45, 2.75) is 20.0 Å². The molecule has 1 aromatic heterocycles. The third-order valence-corrected chi connectivity index (χ3v) is 2.76. The zero-order valence-electron chi connectivity index (χ0n) is 10.7. The molecule has 2 aromatic rings. The van der Waals surface area contributed by atoms with Crippen molar-refractivity contribution in [3.63, 3.8) is 0 Å². The topological polar surface area (TPSA) is 75.4 Å². The molecular formula is C14H16N2O3. The van der Waals surface area contributed by atoms with Crippen molar-refractivity contribution in [2.75, 3.05) is 6.54 Å². The van der Waals surface area contributed by atoms with E-state index in [0.29, 0.717) is 12.2 Å². The summed E-state index contributed by atoms with van der Waals surface area (Å²) in [6.45, 7) is 2.34. The summed E-state index contributed by atoms with van der Waals surface area (Å²) in [5.41, 5.74) is 2.67. The van der Waals surface area contributed by atoms with E-state index in [0.717, 1.165) is 17.5 Å². The van der Waals surface area contributed by atoms with Crippen LogP contribution in [0.25, 0.3) is 0 Å². The number of carbonyl (C=O) groups is 1. The van der Waals surface area contributed by atoms with Gasteiger partial charge in [-0.05, 0) is 24.5 Å². The lowest BCUT2D eigenvalue weighted by Gasteiger charge is -2.04. The molecule has 5 nitrogen and oxygen atoms in total. The second-order valence-corrected chi connectivity index (χ2v) is 4.31. The van der Waals surface area contributed by atoms with Crippen molar-refractivity contribution in [1.29, 1.82) is 0 Å². The summed E-state index contributed by atoms with van der Waals surface area (Å²) in [4.78, 5) is 11.7. The van der Waals surface area contributed by atoms with Crippen LogP contribution in [0, 0.1) is 6.92 Å². The standard InChI is InChI=1S/C14H16N2O3/c1-10-8-13(19-16-10)14(18)15-7-6-11-2-4-12(9-17)5-3-11/h2-5,8,17H,6-7,9H2,1H3,(H,15,18). The monoisotopic (exact) mass is 260 g/mol. The van der Waals surface area contributed by atoms with Gasteiger partial charge in [0.2, 0.25) is 5.76 Å². The van der Waals surface area contributed by atoms with Gasteiger partial charge in [0, 0.05) is 12.6 Å². The van der Waals surface area contributed by atoms with E-state index in [1.807, 2.05) is 24.3 Å². The average Bonchev–Trinajstić information content (AvgIpc) is 2.86. The van der Waals surface area contributed by atoms with Crippen LogP contribution in [0.3, 0.4) is 0 Å². The molecule has 2 N–H and O–H groups in total. The maximum Gasteiger partial charge on any atom is 0.289 e. The molecule has 1 amide bonds. The van der Waals surface area contributed by atoms with Gasteiger partial charge in [-0.3, -0.25) is 4.79 Å². The first kappa shape index (κ1) is 13.3. The van der Waals surface area contributed by atoms with Crippen LogP contribution in [0.15, 0.2) is 34.9 Å². The summed E-state index contributed by atoms with van der Waals surface area (Å²) in [6, 6.07) is 9.23. The molecule has 0 saturated carbocycles. The van der Waals surface area contributed by atoms with Crippen molar-refractivity contribution >= 4 is 5.91 Å². The quantitative estimate of drug-likeness (QED) is 0.853. The number of nitrogens with one attached hydrogen (secondary N) is 1. The van der Waals surface area contributed by atoms with Crippen LogP contribution in [0.5, 0.6) is 0 Å². The predicted molar refractivity (Wildman–Crippen MR) is 69.6 cm³/mol. The van der Waals surface area contributed by atoms with Crippen LogP contribution in [-0.4, -0.2) is 22.7 Å². The van der Waals surface area contributed by atoms with Crippen LogP contribution >= 0.6 is 0 Å². The normalized spacial score (nSPS) is 10.4. The molecule has 5 heteroatoms. The van der Waals surface area contributed by atoms with E-state index in [9.17, 15) is 4.79 Å². The Bertz CT molecular complexity index is 546. The molecule has 0 aliphatic carbocycles. The molecule has 0 aliphatic heterocycles. The van der Waals surface area contributed by atoms with Crippen molar-refractivity contribution in [3.8, 4) is 0 Å². The van der Waals surface area contributed by atoms with Crippen molar-refractivity contribution in [2.24, 2.45) is 0 Å². The lowest BCUT2D eigenvalue weighted by molar-refractivity contribution is 0.0917. The summed E-state index contributed by atoms with van der Waals surface area (Å²) >= 11 is 0. The highest BCUT2D eigenvalue weighted by atomic mass is 16.5. The van der Waals surface area contributed by atoms with Gasteiger partial charge in [0.25, 0.3) is 5.91 Å². The van der Waals surface area contributed by atoms with Gasteiger partial charge in [0.15, 0.2) is 0 Å². The van der Waals surface area contributed by atoms with Crippen LogP contribution in [0.4, 0.5) is 0 Å². The minimum Gasteiger partial charge on any atom is -0.392 e. The molecule has 0 saturated heterocycles. The molecule has 0 spiro atoms. The van der Waals surface area contributed by atoms with Gasteiger partial charge in [-0.1, -0.05) is 29.4 Å². The smallest absolute Gasteiger partial charge is 0.289 e. The fourth-order valence-corrected chi connectivity index (χ4v) is 1.69. The van der Waals surface area contributed by atoms with E-state index >= 15 is 0 Å². The van der Waals surface area contributed by atoms with Gasteiger partial charge in [-0.25, -0.2) is 0 Å². The first-order chi connectivity index (χ1) is 9.19. The Morgan fingerprint density at radius 1 is 1.32 bits per heavy atom. The molecule has 0 unspecified atom stereocenters. The second-order valence-electron chi connectivity index (χ2n) is 4.31. The number of hydrogen-bond acceptors (Lipinski definition) is 4. The highest BCUT2D eigenvalue weighted by Gasteiger charge is 2.10. The summed E-state index contributed by atoms with van der Waals surface area (Å²) in [5, 5.41) is 15.4.